The Bertz CT molecular complexity index is 814. The first-order valence-corrected chi connectivity index (χ1v) is 7.05. The van der Waals surface area contributed by atoms with Crippen LogP contribution >= 0.6 is 0 Å². The molecule has 0 fully saturated rings. The predicted octanol–water partition coefficient (Wildman–Crippen LogP) is 2.98. The summed E-state index contributed by atoms with van der Waals surface area (Å²) in [6.07, 6.45) is 4.29. The first-order chi connectivity index (χ1) is 11.1. The molecule has 2 aromatic heterocycles. The lowest BCUT2D eigenvalue weighted by Crippen LogP contribution is -2.30. The molecule has 7 heteroatoms. The van der Waals surface area contributed by atoms with Crippen molar-refractivity contribution < 1.29 is 13.6 Å². The number of nitrogens with one attached hydrogen (secondary N) is 2. The molecule has 0 aliphatic carbocycles. The van der Waals surface area contributed by atoms with E-state index in [0.29, 0.717) is 13.0 Å². The molecule has 118 valence electrons. The van der Waals surface area contributed by atoms with E-state index >= 15 is 0 Å². The second-order valence-electron chi connectivity index (χ2n) is 4.93. The summed E-state index contributed by atoms with van der Waals surface area (Å²) in [5.41, 5.74) is 1.46. The number of carbonyl (C=O) groups is 1. The van der Waals surface area contributed by atoms with Gasteiger partial charge in [0.25, 0.3) is 0 Å². The van der Waals surface area contributed by atoms with Crippen LogP contribution in [0, 0.1) is 11.6 Å². The zero-order valence-corrected chi connectivity index (χ0v) is 12.1. The first-order valence-electron chi connectivity index (χ1n) is 7.05. The third-order valence-corrected chi connectivity index (χ3v) is 3.28. The quantitative estimate of drug-likeness (QED) is 0.777. The molecule has 2 amide bonds. The smallest absolute Gasteiger partial charge is 0.319 e. The number of urea groups is 1. The fraction of sp³-hybridized carbons (Fsp3) is 0.125. The molecule has 3 aromatic rings. The second kappa shape index (κ2) is 6.43. The molecule has 2 N–H and O–H groups in total. The number of carbonyl (C=O) groups excluding carboxylic acids is 1. The molecule has 0 unspecified atom stereocenters. The summed E-state index contributed by atoms with van der Waals surface area (Å²) >= 11 is 0. The molecule has 1 aromatic carbocycles. The van der Waals surface area contributed by atoms with Gasteiger partial charge in [-0.05, 0) is 24.3 Å². The fourth-order valence-corrected chi connectivity index (χ4v) is 2.18. The molecule has 3 rings (SSSR count). The lowest BCUT2D eigenvalue weighted by atomic mass is 10.3. The Labute approximate surface area is 131 Å². The average molecular weight is 316 g/mol. The maximum absolute atomic E-state index is 13.4. The van der Waals surface area contributed by atoms with Gasteiger partial charge in [0.1, 0.15) is 5.65 Å². The van der Waals surface area contributed by atoms with Gasteiger partial charge in [-0.25, -0.2) is 18.6 Å². The molecule has 0 aliphatic heterocycles. The summed E-state index contributed by atoms with van der Waals surface area (Å²) in [6.45, 7) is 0.326. The minimum atomic E-state index is -1.08. The predicted molar refractivity (Wildman–Crippen MR) is 82.3 cm³/mol. The highest BCUT2D eigenvalue weighted by Gasteiger charge is 2.10. The third-order valence-electron chi connectivity index (χ3n) is 3.28. The Morgan fingerprint density at radius 3 is 2.87 bits per heavy atom. The van der Waals surface area contributed by atoms with Gasteiger partial charge in [0.2, 0.25) is 0 Å². The average Bonchev–Trinajstić information content (AvgIpc) is 2.94. The van der Waals surface area contributed by atoms with E-state index in [0.717, 1.165) is 17.4 Å². The van der Waals surface area contributed by atoms with Crippen LogP contribution < -0.4 is 10.6 Å². The molecule has 0 saturated carbocycles. The number of nitrogens with zero attached hydrogens (tertiary/aromatic N) is 2. The van der Waals surface area contributed by atoms with Crippen LogP contribution in [-0.2, 0) is 6.42 Å². The van der Waals surface area contributed by atoms with Crippen LogP contribution in [0.4, 0.5) is 19.3 Å². The number of rotatable bonds is 4. The minimum absolute atomic E-state index is 0.199. The fourth-order valence-electron chi connectivity index (χ4n) is 2.18. The Balaban J connectivity index is 1.54. The number of amides is 2. The molecular formula is C16H14F2N4O. The lowest BCUT2D eigenvalue weighted by molar-refractivity contribution is 0.252. The van der Waals surface area contributed by atoms with Crippen molar-refractivity contribution in [3.05, 3.63) is 66.1 Å². The molecule has 0 bridgehead atoms. The SMILES string of the molecule is O=C(NCCc1cn2ccccc2n1)Nc1cccc(F)c1F. The van der Waals surface area contributed by atoms with Crippen molar-refractivity contribution >= 4 is 17.4 Å². The molecule has 2 heterocycles. The Morgan fingerprint density at radius 1 is 1.17 bits per heavy atom. The van der Waals surface area contributed by atoms with Crippen molar-refractivity contribution in [3.63, 3.8) is 0 Å². The first kappa shape index (κ1) is 15.0. The van der Waals surface area contributed by atoms with Gasteiger partial charge in [-0.3, -0.25) is 0 Å². The van der Waals surface area contributed by atoms with Gasteiger partial charge in [-0.1, -0.05) is 12.1 Å². The zero-order valence-electron chi connectivity index (χ0n) is 12.1. The van der Waals surface area contributed by atoms with Gasteiger partial charge >= 0.3 is 6.03 Å². The number of pyridine rings is 1. The van der Waals surface area contributed by atoms with Crippen LogP contribution in [0.1, 0.15) is 5.69 Å². The summed E-state index contributed by atoms with van der Waals surface area (Å²) in [5.74, 6) is -2.09. The molecule has 0 spiro atoms. The molecular weight excluding hydrogens is 302 g/mol. The molecule has 23 heavy (non-hydrogen) atoms. The standard InChI is InChI=1S/C16H14F2N4O/c17-12-4-3-5-13(15(12)18)21-16(23)19-8-7-11-10-22-9-2-1-6-14(22)20-11/h1-6,9-10H,7-8H2,(H2,19,21,23). The molecule has 5 nitrogen and oxygen atoms in total. The van der Waals surface area contributed by atoms with Crippen LogP contribution in [0.3, 0.4) is 0 Å². The normalized spacial score (nSPS) is 10.7. The third kappa shape index (κ3) is 3.45. The summed E-state index contributed by atoms with van der Waals surface area (Å²) in [5, 5.41) is 4.86. The van der Waals surface area contributed by atoms with E-state index in [1.807, 2.05) is 35.0 Å². The number of aromatic nitrogens is 2. The van der Waals surface area contributed by atoms with E-state index in [4.69, 9.17) is 0 Å². The molecule has 0 radical (unpaired) electrons. The topological polar surface area (TPSA) is 58.4 Å². The zero-order chi connectivity index (χ0) is 16.2. The highest BCUT2D eigenvalue weighted by atomic mass is 19.2. The van der Waals surface area contributed by atoms with E-state index in [1.165, 1.54) is 12.1 Å². The maximum atomic E-state index is 13.4. The number of anilines is 1. The van der Waals surface area contributed by atoms with Gasteiger partial charge in [-0.2, -0.15) is 0 Å². The van der Waals surface area contributed by atoms with Crippen molar-refractivity contribution in [2.45, 2.75) is 6.42 Å². The van der Waals surface area contributed by atoms with Crippen LogP contribution in [-0.4, -0.2) is 22.0 Å². The molecule has 0 saturated heterocycles. The van der Waals surface area contributed by atoms with E-state index in [1.54, 1.807) is 0 Å². The summed E-state index contributed by atoms with van der Waals surface area (Å²) in [6, 6.07) is 8.68. The number of hydrogen-bond acceptors (Lipinski definition) is 2. The molecule has 0 aliphatic rings. The summed E-state index contributed by atoms with van der Waals surface area (Å²) < 4.78 is 28.4. The highest BCUT2D eigenvalue weighted by Crippen LogP contribution is 2.16. The van der Waals surface area contributed by atoms with E-state index in [-0.39, 0.29) is 5.69 Å². The number of benzene rings is 1. The van der Waals surface area contributed by atoms with Gasteiger partial charge in [0.05, 0.1) is 11.4 Å². The molecule has 0 atom stereocenters. The van der Waals surface area contributed by atoms with Crippen molar-refractivity contribution in [2.75, 3.05) is 11.9 Å². The van der Waals surface area contributed by atoms with Gasteiger partial charge in [0, 0.05) is 25.4 Å². The maximum Gasteiger partial charge on any atom is 0.319 e. The highest BCUT2D eigenvalue weighted by molar-refractivity contribution is 5.89. The van der Waals surface area contributed by atoms with Gasteiger partial charge < -0.3 is 15.0 Å². The second-order valence-corrected chi connectivity index (χ2v) is 4.93. The van der Waals surface area contributed by atoms with Crippen molar-refractivity contribution in [2.24, 2.45) is 0 Å². The Hall–Kier alpha value is -2.96. The summed E-state index contributed by atoms with van der Waals surface area (Å²) in [7, 11) is 0. The van der Waals surface area contributed by atoms with Gasteiger partial charge in [0.15, 0.2) is 11.6 Å². The van der Waals surface area contributed by atoms with Crippen molar-refractivity contribution in [1.29, 1.82) is 0 Å². The number of fused-ring (bicyclic) bond motifs is 1. The minimum Gasteiger partial charge on any atom is -0.337 e. The van der Waals surface area contributed by atoms with Crippen LogP contribution in [0.15, 0.2) is 48.8 Å². The Morgan fingerprint density at radius 2 is 2.04 bits per heavy atom. The number of halogens is 2. The van der Waals surface area contributed by atoms with E-state index in [9.17, 15) is 13.6 Å². The van der Waals surface area contributed by atoms with Crippen molar-refractivity contribution in [3.8, 4) is 0 Å². The van der Waals surface area contributed by atoms with E-state index < -0.39 is 17.7 Å². The number of imidazole rings is 1. The van der Waals surface area contributed by atoms with Crippen molar-refractivity contribution in [1.82, 2.24) is 14.7 Å². The largest absolute Gasteiger partial charge is 0.337 e. The van der Waals surface area contributed by atoms with Crippen LogP contribution in [0.25, 0.3) is 5.65 Å². The van der Waals surface area contributed by atoms with Crippen LogP contribution in [0.5, 0.6) is 0 Å². The monoisotopic (exact) mass is 316 g/mol. The Kier molecular flexibility index (Phi) is 4.18. The van der Waals surface area contributed by atoms with Gasteiger partial charge in [-0.15, -0.1) is 0 Å². The number of hydrogen-bond donors (Lipinski definition) is 2. The lowest BCUT2D eigenvalue weighted by Gasteiger charge is -2.08. The summed E-state index contributed by atoms with van der Waals surface area (Å²) in [4.78, 5) is 16.1. The van der Waals surface area contributed by atoms with E-state index in [2.05, 4.69) is 15.6 Å². The van der Waals surface area contributed by atoms with Crippen LogP contribution in [0.2, 0.25) is 0 Å².